The fraction of sp³-hybridized carbons (Fsp3) is 0.471. The van der Waals surface area contributed by atoms with Crippen molar-refractivity contribution >= 4 is 27.0 Å². The second kappa shape index (κ2) is 5.83. The van der Waals surface area contributed by atoms with Crippen LogP contribution in [0, 0.1) is 11.8 Å². The van der Waals surface area contributed by atoms with Gasteiger partial charge in [-0.15, -0.1) is 0 Å². The van der Waals surface area contributed by atoms with Crippen LogP contribution >= 0.6 is 0 Å². The molecule has 1 amide bonds. The number of nitrogens with zero attached hydrogens (tertiary/aromatic N) is 6. The first-order valence-corrected chi connectivity index (χ1v) is 10.9. The fourth-order valence-electron chi connectivity index (χ4n) is 5.41. The molecular formula is C17H17N7O4S. The van der Waals surface area contributed by atoms with E-state index in [-0.39, 0.29) is 45.9 Å². The Kier molecular flexibility index (Phi) is 3.42. The molecule has 0 aliphatic carbocycles. The predicted molar refractivity (Wildman–Crippen MR) is 96.9 cm³/mol. The lowest BCUT2D eigenvalue weighted by molar-refractivity contribution is 0.0767. The summed E-state index contributed by atoms with van der Waals surface area (Å²) in [7, 11) is -3.75. The molecule has 3 fully saturated rings. The van der Waals surface area contributed by atoms with Gasteiger partial charge in [0.25, 0.3) is 5.91 Å². The Morgan fingerprint density at radius 2 is 1.90 bits per heavy atom. The number of amides is 1. The lowest BCUT2D eigenvalue weighted by Crippen LogP contribution is -2.41. The number of sulfonamides is 1. The molecule has 2 aromatic heterocycles. The molecule has 5 heterocycles. The molecule has 2 bridgehead atoms. The van der Waals surface area contributed by atoms with Crippen LogP contribution in [-0.2, 0) is 10.0 Å². The van der Waals surface area contributed by atoms with Crippen molar-refractivity contribution in [1.82, 2.24) is 34.9 Å². The molecule has 0 saturated carbocycles. The standard InChI is InChI=1S/C17H17N7O4S/c25-17(12-6-18-22-19-12)23-7-9-10(8-23)14-5-4-13(9)24(14)29(26,27)15-3-1-2-11-16(15)21-28-20-11/h1-3,6,9-10,13-14H,4-5,7-8H2,(H,18,19,22)/t9-,10+,13+,14-. The highest BCUT2D eigenvalue weighted by Crippen LogP contribution is 2.51. The zero-order valence-corrected chi connectivity index (χ0v) is 16.0. The summed E-state index contributed by atoms with van der Waals surface area (Å²) in [4.78, 5) is 14.5. The second-order valence-corrected chi connectivity index (χ2v) is 9.64. The average Bonchev–Trinajstić information content (AvgIpc) is 3.52. The molecule has 12 heteroatoms. The zero-order valence-electron chi connectivity index (χ0n) is 15.2. The van der Waals surface area contributed by atoms with E-state index in [0.29, 0.717) is 18.6 Å². The lowest BCUT2D eigenvalue weighted by atomic mass is 9.82. The van der Waals surface area contributed by atoms with Gasteiger partial charge in [0.1, 0.15) is 10.4 Å². The van der Waals surface area contributed by atoms with E-state index in [0.717, 1.165) is 12.8 Å². The third kappa shape index (κ3) is 2.26. The van der Waals surface area contributed by atoms with Crippen molar-refractivity contribution in [3.8, 4) is 0 Å². The van der Waals surface area contributed by atoms with E-state index in [2.05, 4.69) is 25.7 Å². The minimum Gasteiger partial charge on any atom is -0.336 e. The van der Waals surface area contributed by atoms with Gasteiger partial charge in [-0.2, -0.15) is 19.7 Å². The zero-order chi connectivity index (χ0) is 19.8. The molecule has 3 aliphatic rings. The largest absolute Gasteiger partial charge is 0.336 e. The number of aromatic amines is 1. The molecule has 0 radical (unpaired) electrons. The Bertz CT molecular complexity index is 1190. The van der Waals surface area contributed by atoms with Crippen LogP contribution in [0.1, 0.15) is 23.3 Å². The van der Waals surface area contributed by atoms with Gasteiger partial charge in [0.2, 0.25) is 10.0 Å². The normalized spacial score (nSPS) is 29.0. The quantitative estimate of drug-likeness (QED) is 0.643. The summed E-state index contributed by atoms with van der Waals surface area (Å²) in [6, 6.07) is 4.62. The molecule has 150 valence electrons. The van der Waals surface area contributed by atoms with E-state index in [1.165, 1.54) is 6.20 Å². The number of aromatic nitrogens is 5. The van der Waals surface area contributed by atoms with Crippen LogP contribution in [-0.4, -0.2) is 74.4 Å². The molecule has 1 aromatic carbocycles. The molecular weight excluding hydrogens is 398 g/mol. The first kappa shape index (κ1) is 17.0. The number of likely N-dealkylation sites (tertiary alicyclic amines) is 1. The van der Waals surface area contributed by atoms with Crippen molar-refractivity contribution in [3.63, 3.8) is 0 Å². The third-order valence-electron chi connectivity index (χ3n) is 6.54. The minimum atomic E-state index is -3.75. The van der Waals surface area contributed by atoms with E-state index < -0.39 is 10.0 Å². The number of H-pyrrole nitrogens is 1. The van der Waals surface area contributed by atoms with Gasteiger partial charge < -0.3 is 4.90 Å². The number of nitrogens with one attached hydrogen (secondary N) is 1. The second-order valence-electron chi connectivity index (χ2n) is 7.83. The average molecular weight is 415 g/mol. The Balaban J connectivity index is 1.32. The summed E-state index contributed by atoms with van der Waals surface area (Å²) in [5.41, 5.74) is 0.959. The summed E-state index contributed by atoms with van der Waals surface area (Å²) in [5.74, 6) is 0.0726. The van der Waals surface area contributed by atoms with Crippen LogP contribution in [0.2, 0.25) is 0 Å². The first-order chi connectivity index (χ1) is 14.1. The van der Waals surface area contributed by atoms with Crippen molar-refractivity contribution in [2.75, 3.05) is 13.1 Å². The van der Waals surface area contributed by atoms with Gasteiger partial charge in [0.15, 0.2) is 11.2 Å². The fourth-order valence-corrected chi connectivity index (χ4v) is 7.51. The van der Waals surface area contributed by atoms with Crippen LogP contribution in [0.5, 0.6) is 0 Å². The minimum absolute atomic E-state index is 0.119. The number of benzene rings is 1. The van der Waals surface area contributed by atoms with Crippen LogP contribution in [0.4, 0.5) is 0 Å². The van der Waals surface area contributed by atoms with Crippen molar-refractivity contribution in [1.29, 1.82) is 0 Å². The maximum atomic E-state index is 13.6. The molecule has 11 nitrogen and oxygen atoms in total. The van der Waals surface area contributed by atoms with Crippen LogP contribution in [0.3, 0.4) is 0 Å². The van der Waals surface area contributed by atoms with Gasteiger partial charge in [0, 0.05) is 25.2 Å². The van der Waals surface area contributed by atoms with Crippen LogP contribution in [0.15, 0.2) is 33.9 Å². The monoisotopic (exact) mass is 415 g/mol. The number of fused-ring (bicyclic) bond motifs is 6. The van der Waals surface area contributed by atoms with Crippen molar-refractivity contribution in [2.24, 2.45) is 11.8 Å². The smallest absolute Gasteiger partial charge is 0.276 e. The highest BCUT2D eigenvalue weighted by Gasteiger charge is 2.61. The Morgan fingerprint density at radius 1 is 1.14 bits per heavy atom. The molecule has 1 N–H and O–H groups in total. The molecule has 3 saturated heterocycles. The molecule has 3 aromatic rings. The highest BCUT2D eigenvalue weighted by atomic mass is 32.2. The van der Waals surface area contributed by atoms with Crippen LogP contribution < -0.4 is 0 Å². The highest BCUT2D eigenvalue weighted by molar-refractivity contribution is 7.89. The van der Waals surface area contributed by atoms with Gasteiger partial charge in [-0.3, -0.25) is 4.79 Å². The molecule has 0 unspecified atom stereocenters. The number of rotatable bonds is 3. The van der Waals surface area contributed by atoms with E-state index in [1.54, 1.807) is 27.4 Å². The Labute approximate surface area is 165 Å². The van der Waals surface area contributed by atoms with E-state index in [9.17, 15) is 13.2 Å². The molecule has 3 aliphatic heterocycles. The van der Waals surface area contributed by atoms with Crippen molar-refractivity contribution in [2.45, 2.75) is 29.8 Å². The molecule has 29 heavy (non-hydrogen) atoms. The Hall–Kier alpha value is -2.86. The maximum Gasteiger partial charge on any atom is 0.276 e. The van der Waals surface area contributed by atoms with Gasteiger partial charge in [-0.1, -0.05) is 6.07 Å². The summed E-state index contributed by atoms with van der Waals surface area (Å²) in [6.45, 7) is 1.05. The number of carbonyl (C=O) groups is 1. The van der Waals surface area contributed by atoms with E-state index in [4.69, 9.17) is 4.63 Å². The third-order valence-corrected chi connectivity index (χ3v) is 8.52. The topological polar surface area (TPSA) is 138 Å². The molecule has 6 rings (SSSR count). The number of carbonyl (C=O) groups excluding carboxylic acids is 1. The summed E-state index contributed by atoms with van der Waals surface area (Å²) < 4.78 is 33.5. The lowest BCUT2D eigenvalue weighted by Gasteiger charge is -2.26. The van der Waals surface area contributed by atoms with E-state index >= 15 is 0 Å². The number of hydrogen-bond donors (Lipinski definition) is 1. The van der Waals surface area contributed by atoms with Crippen LogP contribution in [0.25, 0.3) is 11.0 Å². The SMILES string of the molecule is O=C(c1cn[nH]n1)N1C[C@@H]2[C@H](C1)[C@H]1CC[C@@H]2N1S(=O)(=O)c1cccc2nonc12. The Morgan fingerprint density at radius 3 is 2.59 bits per heavy atom. The maximum absolute atomic E-state index is 13.6. The first-order valence-electron chi connectivity index (χ1n) is 9.45. The number of hydrogen-bond acceptors (Lipinski definition) is 8. The summed E-state index contributed by atoms with van der Waals surface area (Å²) >= 11 is 0. The predicted octanol–water partition coefficient (Wildman–Crippen LogP) is 0.265. The molecule has 4 atom stereocenters. The summed E-state index contributed by atoms with van der Waals surface area (Å²) in [5, 5.41) is 17.6. The van der Waals surface area contributed by atoms with E-state index in [1.807, 2.05) is 0 Å². The van der Waals surface area contributed by atoms with Gasteiger partial charge >= 0.3 is 0 Å². The van der Waals surface area contributed by atoms with Crippen molar-refractivity contribution < 1.29 is 17.8 Å². The van der Waals surface area contributed by atoms with Crippen molar-refractivity contribution in [3.05, 3.63) is 30.1 Å². The molecule has 0 spiro atoms. The van der Waals surface area contributed by atoms with Gasteiger partial charge in [-0.05, 0) is 47.1 Å². The van der Waals surface area contributed by atoms with Gasteiger partial charge in [0.05, 0.1) is 6.20 Å². The summed E-state index contributed by atoms with van der Waals surface area (Å²) in [6.07, 6.45) is 3.00. The van der Waals surface area contributed by atoms with Gasteiger partial charge in [-0.25, -0.2) is 13.0 Å².